The topological polar surface area (TPSA) is 58.1 Å². The van der Waals surface area contributed by atoms with Crippen molar-refractivity contribution in [3.8, 4) is 0 Å². The lowest BCUT2D eigenvalue weighted by molar-refractivity contribution is 0.206. The molecule has 1 fully saturated rings. The first-order chi connectivity index (χ1) is 10.6. The highest BCUT2D eigenvalue weighted by molar-refractivity contribution is 7.13. The predicted molar refractivity (Wildman–Crippen MR) is 83.8 cm³/mol. The summed E-state index contributed by atoms with van der Waals surface area (Å²) in [5.74, 6) is -0.330. The van der Waals surface area contributed by atoms with Crippen molar-refractivity contribution in [2.24, 2.45) is 0 Å². The predicted octanol–water partition coefficient (Wildman–Crippen LogP) is 3.57. The smallest absolute Gasteiger partial charge is 0.321 e. The SMILES string of the molecule is O=C(Nc1nncs1)N1CCCC1Cc1c(F)cccc1Cl. The van der Waals surface area contributed by atoms with E-state index in [0.717, 1.165) is 12.8 Å². The average Bonchev–Trinajstić information content (AvgIpc) is 3.14. The summed E-state index contributed by atoms with van der Waals surface area (Å²) in [5, 5.41) is 11.0. The minimum Gasteiger partial charge on any atom is -0.321 e. The molecule has 0 radical (unpaired) electrons. The number of nitrogens with zero attached hydrogens (tertiary/aromatic N) is 3. The van der Waals surface area contributed by atoms with Crippen molar-refractivity contribution in [1.82, 2.24) is 15.1 Å². The van der Waals surface area contributed by atoms with Crippen molar-refractivity contribution in [3.63, 3.8) is 0 Å². The molecule has 0 spiro atoms. The summed E-state index contributed by atoms with van der Waals surface area (Å²) in [4.78, 5) is 14.0. The van der Waals surface area contributed by atoms with Crippen LogP contribution in [0.4, 0.5) is 14.3 Å². The van der Waals surface area contributed by atoms with Crippen LogP contribution >= 0.6 is 22.9 Å². The van der Waals surface area contributed by atoms with Crippen LogP contribution in [0.2, 0.25) is 5.02 Å². The van der Waals surface area contributed by atoms with E-state index in [9.17, 15) is 9.18 Å². The summed E-state index contributed by atoms with van der Waals surface area (Å²) in [5.41, 5.74) is 2.01. The third-order valence-corrected chi connectivity index (χ3v) is 4.67. The molecule has 1 aliphatic heterocycles. The molecule has 22 heavy (non-hydrogen) atoms. The molecule has 1 aromatic heterocycles. The molecule has 0 aliphatic carbocycles. The quantitative estimate of drug-likeness (QED) is 0.929. The lowest BCUT2D eigenvalue weighted by Gasteiger charge is -2.25. The maximum atomic E-state index is 13.9. The second-order valence-electron chi connectivity index (χ2n) is 5.07. The van der Waals surface area contributed by atoms with E-state index in [1.54, 1.807) is 22.5 Å². The van der Waals surface area contributed by atoms with Gasteiger partial charge in [-0.3, -0.25) is 5.32 Å². The van der Waals surface area contributed by atoms with Gasteiger partial charge < -0.3 is 4.90 Å². The van der Waals surface area contributed by atoms with Gasteiger partial charge in [0.15, 0.2) is 0 Å². The fourth-order valence-corrected chi connectivity index (χ4v) is 3.34. The Kier molecular flexibility index (Phi) is 4.54. The molecule has 1 saturated heterocycles. The highest BCUT2D eigenvalue weighted by atomic mass is 35.5. The molecule has 5 nitrogen and oxygen atoms in total. The van der Waals surface area contributed by atoms with Gasteiger partial charge in [-0.1, -0.05) is 29.0 Å². The number of aromatic nitrogens is 2. The zero-order chi connectivity index (χ0) is 15.5. The van der Waals surface area contributed by atoms with Crippen LogP contribution in [0.3, 0.4) is 0 Å². The van der Waals surface area contributed by atoms with Gasteiger partial charge in [0, 0.05) is 23.2 Å². The minimum atomic E-state index is -0.330. The molecule has 2 amide bonds. The van der Waals surface area contributed by atoms with E-state index >= 15 is 0 Å². The molecule has 1 aromatic carbocycles. The largest absolute Gasteiger partial charge is 0.323 e. The summed E-state index contributed by atoms with van der Waals surface area (Å²) in [7, 11) is 0. The third-order valence-electron chi connectivity index (χ3n) is 3.71. The van der Waals surface area contributed by atoms with Crippen molar-refractivity contribution < 1.29 is 9.18 Å². The lowest BCUT2D eigenvalue weighted by atomic mass is 10.0. The molecule has 2 aromatic rings. The molecule has 8 heteroatoms. The van der Waals surface area contributed by atoms with Gasteiger partial charge in [0.1, 0.15) is 11.3 Å². The summed E-state index contributed by atoms with van der Waals surface area (Å²) in [6, 6.07) is 4.34. The highest BCUT2D eigenvalue weighted by Crippen LogP contribution is 2.27. The number of carbonyl (C=O) groups excluding carboxylic acids is 1. The van der Waals surface area contributed by atoms with Gasteiger partial charge in [-0.2, -0.15) is 0 Å². The Morgan fingerprint density at radius 3 is 3.14 bits per heavy atom. The molecule has 0 bridgehead atoms. The van der Waals surface area contributed by atoms with Crippen LogP contribution in [0.15, 0.2) is 23.7 Å². The van der Waals surface area contributed by atoms with E-state index in [4.69, 9.17) is 11.6 Å². The minimum absolute atomic E-state index is 0.0673. The van der Waals surface area contributed by atoms with Gasteiger partial charge in [-0.15, -0.1) is 10.2 Å². The normalized spacial score (nSPS) is 17.7. The summed E-state index contributed by atoms with van der Waals surface area (Å²) in [6.07, 6.45) is 2.13. The number of amides is 2. The second-order valence-corrected chi connectivity index (χ2v) is 6.31. The van der Waals surface area contributed by atoms with Crippen LogP contribution in [0.1, 0.15) is 18.4 Å². The molecule has 116 valence electrons. The van der Waals surface area contributed by atoms with Crippen LogP contribution in [-0.4, -0.2) is 33.7 Å². The van der Waals surface area contributed by atoms with Gasteiger partial charge in [0.25, 0.3) is 0 Å². The van der Waals surface area contributed by atoms with Crippen molar-refractivity contribution in [1.29, 1.82) is 0 Å². The van der Waals surface area contributed by atoms with Gasteiger partial charge in [-0.25, -0.2) is 9.18 Å². The van der Waals surface area contributed by atoms with E-state index in [0.29, 0.717) is 28.7 Å². The number of hydrogen-bond acceptors (Lipinski definition) is 4. The van der Waals surface area contributed by atoms with Crippen LogP contribution < -0.4 is 5.32 Å². The van der Waals surface area contributed by atoms with E-state index in [1.165, 1.54) is 17.4 Å². The Bertz CT molecular complexity index is 647. The molecular formula is C14H14ClFN4OS. The monoisotopic (exact) mass is 340 g/mol. The first kappa shape index (κ1) is 15.2. The number of rotatable bonds is 3. The van der Waals surface area contributed by atoms with Crippen molar-refractivity contribution >= 4 is 34.1 Å². The number of halogens is 2. The van der Waals surface area contributed by atoms with Crippen LogP contribution in [0.5, 0.6) is 0 Å². The third kappa shape index (κ3) is 3.20. The molecule has 1 aliphatic rings. The zero-order valence-corrected chi connectivity index (χ0v) is 13.2. The Hall–Kier alpha value is -1.73. The number of hydrogen-bond donors (Lipinski definition) is 1. The first-order valence-corrected chi connectivity index (χ1v) is 8.17. The van der Waals surface area contributed by atoms with Gasteiger partial charge >= 0.3 is 6.03 Å². The summed E-state index contributed by atoms with van der Waals surface area (Å²) in [6.45, 7) is 0.640. The maximum absolute atomic E-state index is 13.9. The highest BCUT2D eigenvalue weighted by Gasteiger charge is 2.30. The van der Waals surface area contributed by atoms with Crippen molar-refractivity contribution in [2.45, 2.75) is 25.3 Å². The Balaban J connectivity index is 1.72. The number of nitrogens with one attached hydrogen (secondary N) is 1. The maximum Gasteiger partial charge on any atom is 0.323 e. The van der Waals surface area contributed by atoms with Crippen molar-refractivity contribution in [3.05, 3.63) is 40.1 Å². The number of urea groups is 1. The van der Waals surface area contributed by atoms with E-state index in [1.807, 2.05) is 0 Å². The summed E-state index contributed by atoms with van der Waals surface area (Å²) < 4.78 is 13.9. The first-order valence-electron chi connectivity index (χ1n) is 6.92. The Morgan fingerprint density at radius 2 is 2.41 bits per heavy atom. The number of carbonyl (C=O) groups is 1. The molecule has 0 saturated carbocycles. The molecule has 3 rings (SSSR count). The van der Waals surface area contributed by atoms with E-state index < -0.39 is 0 Å². The van der Waals surface area contributed by atoms with Crippen molar-refractivity contribution in [2.75, 3.05) is 11.9 Å². The fraction of sp³-hybridized carbons (Fsp3) is 0.357. The molecule has 2 heterocycles. The molecule has 1 unspecified atom stereocenters. The molecule has 1 N–H and O–H groups in total. The van der Waals surface area contributed by atoms with E-state index in [-0.39, 0.29) is 17.9 Å². The lowest BCUT2D eigenvalue weighted by Crippen LogP contribution is -2.39. The van der Waals surface area contributed by atoms with Gasteiger partial charge in [-0.05, 0) is 31.4 Å². The molecule has 1 atom stereocenters. The molecular weight excluding hydrogens is 327 g/mol. The van der Waals surface area contributed by atoms with Gasteiger partial charge in [0.05, 0.1) is 0 Å². The number of likely N-dealkylation sites (tertiary alicyclic amines) is 1. The zero-order valence-electron chi connectivity index (χ0n) is 11.6. The second kappa shape index (κ2) is 6.58. The Morgan fingerprint density at radius 1 is 1.55 bits per heavy atom. The van der Waals surface area contributed by atoms with E-state index in [2.05, 4.69) is 15.5 Å². The fourth-order valence-electron chi connectivity index (χ4n) is 2.67. The Labute approximate surface area is 136 Å². The van der Waals surface area contributed by atoms with Gasteiger partial charge in [0.2, 0.25) is 5.13 Å². The average molecular weight is 341 g/mol. The summed E-state index contributed by atoms with van der Waals surface area (Å²) >= 11 is 7.33. The van der Waals surface area contributed by atoms with Crippen LogP contribution in [-0.2, 0) is 6.42 Å². The van der Waals surface area contributed by atoms with Crippen LogP contribution in [0, 0.1) is 5.82 Å². The number of benzene rings is 1. The standard InChI is InChI=1S/C14H14ClFN4OS/c15-11-4-1-5-12(16)10(11)7-9-3-2-6-20(9)14(21)18-13-19-17-8-22-13/h1,4-5,8-9H,2-3,6-7H2,(H,18,19,21). The number of anilines is 1. The van der Waals surface area contributed by atoms with Crippen LogP contribution in [0.25, 0.3) is 0 Å².